The van der Waals surface area contributed by atoms with Crippen molar-refractivity contribution < 1.29 is 4.42 Å². The Morgan fingerprint density at radius 2 is 0.900 bits per heavy atom. The molecule has 282 valence electrons. The summed E-state index contributed by atoms with van der Waals surface area (Å²) >= 11 is 0. The van der Waals surface area contributed by atoms with E-state index >= 15 is 0 Å². The maximum Gasteiger partial charge on any atom is 0.136 e. The molecule has 0 saturated carbocycles. The van der Waals surface area contributed by atoms with Crippen LogP contribution in [0, 0.1) is 0 Å². The molecule has 0 amide bonds. The van der Waals surface area contributed by atoms with Gasteiger partial charge in [0.1, 0.15) is 11.2 Å². The Morgan fingerprint density at radius 1 is 0.367 bits per heavy atom. The van der Waals surface area contributed by atoms with E-state index in [9.17, 15) is 0 Å². The van der Waals surface area contributed by atoms with Crippen LogP contribution in [0.5, 0.6) is 0 Å². The minimum absolute atomic E-state index is 0.131. The van der Waals surface area contributed by atoms with E-state index in [1.807, 2.05) is 0 Å². The van der Waals surface area contributed by atoms with Gasteiger partial charge in [0.2, 0.25) is 0 Å². The summed E-state index contributed by atoms with van der Waals surface area (Å²) in [7, 11) is 0. The molecule has 9 aromatic carbocycles. The van der Waals surface area contributed by atoms with Gasteiger partial charge in [0, 0.05) is 33.2 Å². The summed E-state index contributed by atoms with van der Waals surface area (Å²) in [6.45, 7) is 4.73. The number of fused-ring (bicyclic) bond motifs is 17. The van der Waals surface area contributed by atoms with Crippen molar-refractivity contribution in [2.24, 2.45) is 0 Å². The van der Waals surface area contributed by atoms with Crippen molar-refractivity contribution in [3.05, 3.63) is 234 Å². The van der Waals surface area contributed by atoms with Crippen molar-refractivity contribution in [3.8, 4) is 44.5 Å². The first kappa shape index (κ1) is 33.5. The standard InChI is InChI=1S/C58H39NO/c1-57(2)47-20-10-6-16-41(47)43-30-28-39(34-51(43)57)59(38-26-24-37(25-27-38)36-14-4-3-5-15-36)40-29-31-44-42-17-7-11-21-48(42)58(52(44)35-40)49-22-12-8-18-45(49)55-50(58)32-33-54-56(55)46-19-9-13-23-53(46)60-54/h3-35H,1-2H3/t58-/m0/s1. The lowest BCUT2D eigenvalue weighted by atomic mass is 9.70. The molecule has 0 radical (unpaired) electrons. The molecule has 0 aliphatic heterocycles. The summed E-state index contributed by atoms with van der Waals surface area (Å²) < 4.78 is 6.53. The van der Waals surface area contributed by atoms with E-state index in [1.165, 1.54) is 83.3 Å². The molecule has 1 aromatic heterocycles. The number of para-hydroxylation sites is 1. The monoisotopic (exact) mass is 765 g/mol. The number of anilines is 3. The van der Waals surface area contributed by atoms with Crippen LogP contribution in [0.4, 0.5) is 17.1 Å². The predicted octanol–water partition coefficient (Wildman–Crippen LogP) is 15.4. The molecule has 13 rings (SSSR count). The van der Waals surface area contributed by atoms with Crippen LogP contribution in [-0.4, -0.2) is 0 Å². The lowest BCUT2D eigenvalue weighted by molar-refractivity contribution is 0.660. The van der Waals surface area contributed by atoms with Gasteiger partial charge >= 0.3 is 0 Å². The molecule has 2 nitrogen and oxygen atoms in total. The van der Waals surface area contributed by atoms with Gasteiger partial charge in [-0.25, -0.2) is 0 Å². The third-order valence-electron chi connectivity index (χ3n) is 13.9. The Bertz CT molecular complexity index is 3410. The van der Waals surface area contributed by atoms with Crippen LogP contribution in [-0.2, 0) is 10.8 Å². The molecule has 2 heteroatoms. The van der Waals surface area contributed by atoms with Crippen LogP contribution in [0.3, 0.4) is 0 Å². The van der Waals surface area contributed by atoms with Gasteiger partial charge in [-0.15, -0.1) is 0 Å². The number of furan rings is 1. The van der Waals surface area contributed by atoms with Crippen LogP contribution >= 0.6 is 0 Å². The fourth-order valence-electron chi connectivity index (χ4n) is 11.3. The molecule has 0 N–H and O–H groups in total. The highest BCUT2D eigenvalue weighted by Crippen LogP contribution is 2.65. The first-order chi connectivity index (χ1) is 29.5. The fourth-order valence-corrected chi connectivity index (χ4v) is 11.3. The Labute approximate surface area is 349 Å². The van der Waals surface area contributed by atoms with Crippen LogP contribution in [0.15, 0.2) is 205 Å². The van der Waals surface area contributed by atoms with E-state index in [-0.39, 0.29) is 5.41 Å². The Balaban J connectivity index is 1.07. The zero-order valence-corrected chi connectivity index (χ0v) is 33.4. The summed E-state index contributed by atoms with van der Waals surface area (Å²) in [5.74, 6) is 0. The molecule has 0 unspecified atom stereocenters. The summed E-state index contributed by atoms with van der Waals surface area (Å²) in [5.41, 5.74) is 22.7. The van der Waals surface area contributed by atoms with Crippen LogP contribution in [0.2, 0.25) is 0 Å². The van der Waals surface area contributed by atoms with Gasteiger partial charge in [0.25, 0.3) is 0 Å². The average molecular weight is 766 g/mol. The molecule has 60 heavy (non-hydrogen) atoms. The van der Waals surface area contributed by atoms with Gasteiger partial charge in [0.05, 0.1) is 5.41 Å². The van der Waals surface area contributed by atoms with Gasteiger partial charge in [-0.05, 0) is 126 Å². The van der Waals surface area contributed by atoms with E-state index in [1.54, 1.807) is 0 Å². The van der Waals surface area contributed by atoms with E-state index in [0.29, 0.717) is 0 Å². The minimum atomic E-state index is -0.523. The highest BCUT2D eigenvalue weighted by atomic mass is 16.3. The zero-order chi connectivity index (χ0) is 39.7. The van der Waals surface area contributed by atoms with Crippen molar-refractivity contribution in [3.63, 3.8) is 0 Å². The maximum atomic E-state index is 6.53. The van der Waals surface area contributed by atoms with Crippen molar-refractivity contribution >= 4 is 39.0 Å². The first-order valence-electron chi connectivity index (χ1n) is 21.0. The molecule has 0 saturated heterocycles. The second-order valence-corrected chi connectivity index (χ2v) is 17.2. The normalized spacial score (nSPS) is 16.0. The minimum Gasteiger partial charge on any atom is -0.456 e. The number of nitrogens with zero attached hydrogens (tertiary/aromatic N) is 1. The van der Waals surface area contributed by atoms with Gasteiger partial charge < -0.3 is 9.32 Å². The molecule has 0 fully saturated rings. The van der Waals surface area contributed by atoms with Gasteiger partial charge in [0.15, 0.2) is 0 Å². The predicted molar refractivity (Wildman–Crippen MR) is 248 cm³/mol. The highest BCUT2D eigenvalue weighted by molar-refractivity contribution is 6.16. The van der Waals surface area contributed by atoms with Crippen LogP contribution in [0.1, 0.15) is 47.2 Å². The van der Waals surface area contributed by atoms with Crippen molar-refractivity contribution in [1.82, 2.24) is 0 Å². The summed E-state index contributed by atoms with van der Waals surface area (Å²) in [6.07, 6.45) is 0. The molecule has 10 aromatic rings. The second-order valence-electron chi connectivity index (χ2n) is 17.2. The second kappa shape index (κ2) is 12.1. The first-order valence-corrected chi connectivity index (χ1v) is 21.0. The molecule has 1 spiro atoms. The smallest absolute Gasteiger partial charge is 0.136 e. The number of rotatable bonds is 4. The lowest BCUT2D eigenvalue weighted by Gasteiger charge is -2.32. The summed E-state index contributed by atoms with van der Waals surface area (Å²) in [6, 6.07) is 74.2. The molecule has 1 atom stereocenters. The largest absolute Gasteiger partial charge is 0.456 e. The lowest BCUT2D eigenvalue weighted by Crippen LogP contribution is -2.26. The third-order valence-corrected chi connectivity index (χ3v) is 13.9. The zero-order valence-electron chi connectivity index (χ0n) is 33.4. The van der Waals surface area contributed by atoms with Crippen LogP contribution < -0.4 is 4.90 Å². The van der Waals surface area contributed by atoms with Crippen LogP contribution in [0.25, 0.3) is 66.4 Å². The molecular formula is C58H39NO. The van der Waals surface area contributed by atoms with Gasteiger partial charge in [-0.1, -0.05) is 166 Å². The van der Waals surface area contributed by atoms with Crippen molar-refractivity contribution in [1.29, 1.82) is 0 Å². The molecule has 3 aliphatic carbocycles. The molecule has 0 bridgehead atoms. The van der Waals surface area contributed by atoms with Gasteiger partial charge in [-0.3, -0.25) is 0 Å². The van der Waals surface area contributed by atoms with E-state index in [4.69, 9.17) is 4.42 Å². The molecule has 3 aliphatic rings. The van der Waals surface area contributed by atoms with Crippen molar-refractivity contribution in [2.45, 2.75) is 24.7 Å². The fraction of sp³-hybridized carbons (Fsp3) is 0.0690. The number of hydrogen-bond donors (Lipinski definition) is 0. The molecule has 1 heterocycles. The molecular weight excluding hydrogens is 727 g/mol. The number of benzene rings is 9. The van der Waals surface area contributed by atoms with E-state index < -0.39 is 5.41 Å². The highest BCUT2D eigenvalue weighted by Gasteiger charge is 2.52. The Kier molecular flexibility index (Phi) is 6.74. The Morgan fingerprint density at radius 3 is 1.65 bits per heavy atom. The SMILES string of the molecule is CC1(C)c2ccccc2-c2ccc(N(c3ccc(-c4ccccc4)cc3)c3ccc4c(c3)[C@@]3(c5ccccc5-4)c4ccccc4-c4c3ccc3oc5ccccc5c43)cc21. The van der Waals surface area contributed by atoms with Gasteiger partial charge in [-0.2, -0.15) is 0 Å². The maximum absolute atomic E-state index is 6.53. The average Bonchev–Trinajstić information content (AvgIpc) is 3.99. The van der Waals surface area contributed by atoms with E-state index in [2.05, 4.69) is 219 Å². The van der Waals surface area contributed by atoms with E-state index in [0.717, 1.165) is 33.6 Å². The Hall–Kier alpha value is -7.42. The topological polar surface area (TPSA) is 16.4 Å². The third kappa shape index (κ3) is 4.32. The number of hydrogen-bond acceptors (Lipinski definition) is 2. The summed E-state index contributed by atoms with van der Waals surface area (Å²) in [4.78, 5) is 2.47. The summed E-state index contributed by atoms with van der Waals surface area (Å²) in [5, 5.41) is 2.35. The quantitative estimate of drug-likeness (QED) is 0.177. The van der Waals surface area contributed by atoms with Crippen molar-refractivity contribution in [2.75, 3.05) is 4.90 Å².